The van der Waals surface area contributed by atoms with E-state index in [2.05, 4.69) is 15.8 Å². The predicted octanol–water partition coefficient (Wildman–Crippen LogP) is 2.34. The third-order valence-electron chi connectivity index (χ3n) is 3.80. The number of ether oxygens (including phenoxy) is 1. The fraction of sp³-hybridized carbons (Fsp3) is 0.316. The molecule has 1 aromatic carbocycles. The maximum Gasteiger partial charge on any atom is 0.340 e. The van der Waals surface area contributed by atoms with Gasteiger partial charge in [0.2, 0.25) is 5.91 Å². The highest BCUT2D eigenvalue weighted by Crippen LogP contribution is 2.19. The molecule has 8 heteroatoms. The number of esters is 1. The van der Waals surface area contributed by atoms with Gasteiger partial charge in [-0.3, -0.25) is 20.4 Å². The van der Waals surface area contributed by atoms with Crippen molar-refractivity contribution in [1.82, 2.24) is 15.8 Å². The number of hydrazine groups is 1. The van der Waals surface area contributed by atoms with Crippen LogP contribution in [0.5, 0.6) is 0 Å². The molecule has 0 aliphatic rings. The van der Waals surface area contributed by atoms with Crippen LogP contribution in [0.1, 0.15) is 51.5 Å². The van der Waals surface area contributed by atoms with Crippen molar-refractivity contribution in [3.63, 3.8) is 0 Å². The number of carbonyl (C=O) groups is 3. The van der Waals surface area contributed by atoms with Crippen molar-refractivity contribution < 1.29 is 23.5 Å². The van der Waals surface area contributed by atoms with Gasteiger partial charge in [0.25, 0.3) is 5.91 Å². The molecule has 0 aliphatic carbocycles. The van der Waals surface area contributed by atoms with Gasteiger partial charge in [-0.2, -0.15) is 0 Å². The molecule has 0 saturated heterocycles. The minimum atomic E-state index is -0.591. The van der Waals surface area contributed by atoms with E-state index in [-0.39, 0.29) is 18.2 Å². The number of aromatic nitrogens is 1. The van der Waals surface area contributed by atoms with Crippen molar-refractivity contribution in [2.24, 2.45) is 0 Å². The highest BCUT2D eigenvalue weighted by Gasteiger charge is 2.23. The van der Waals surface area contributed by atoms with Gasteiger partial charge in [0.15, 0.2) is 0 Å². The Bertz CT molecular complexity index is 857. The van der Waals surface area contributed by atoms with Crippen LogP contribution in [0.3, 0.4) is 0 Å². The van der Waals surface area contributed by atoms with Crippen LogP contribution in [0.4, 0.5) is 4.39 Å². The second-order valence-corrected chi connectivity index (χ2v) is 6.38. The zero-order valence-corrected chi connectivity index (χ0v) is 15.6. The Kier molecular flexibility index (Phi) is 6.33. The summed E-state index contributed by atoms with van der Waals surface area (Å²) in [5.74, 6) is -1.96. The average Bonchev–Trinajstić information content (AvgIpc) is 2.89. The van der Waals surface area contributed by atoms with Gasteiger partial charge in [0.05, 0.1) is 18.1 Å². The molecule has 0 fully saturated rings. The summed E-state index contributed by atoms with van der Waals surface area (Å²) in [5.41, 5.74) is 6.58. The minimum Gasteiger partial charge on any atom is -0.459 e. The Morgan fingerprint density at radius 2 is 1.74 bits per heavy atom. The Hall–Kier alpha value is -3.16. The molecular formula is C19H22FN3O4. The summed E-state index contributed by atoms with van der Waals surface area (Å²) in [6, 6.07) is 5.48. The molecule has 2 rings (SSSR count). The second-order valence-electron chi connectivity index (χ2n) is 6.38. The SMILES string of the molecule is Cc1[nH]c(C(=O)NNC(=O)Cc2ccc(F)cc2)c(C)c1C(=O)OC(C)C. The predicted molar refractivity (Wildman–Crippen MR) is 96.5 cm³/mol. The van der Waals surface area contributed by atoms with E-state index < -0.39 is 23.6 Å². The molecule has 0 aliphatic heterocycles. The number of rotatable bonds is 5. The van der Waals surface area contributed by atoms with E-state index in [9.17, 15) is 18.8 Å². The summed E-state index contributed by atoms with van der Waals surface area (Å²) in [7, 11) is 0. The molecule has 0 bridgehead atoms. The largest absolute Gasteiger partial charge is 0.459 e. The molecule has 2 aromatic rings. The number of halogens is 1. The Morgan fingerprint density at radius 1 is 1.11 bits per heavy atom. The number of aromatic amines is 1. The number of benzene rings is 1. The summed E-state index contributed by atoms with van der Waals surface area (Å²) >= 11 is 0. The maximum absolute atomic E-state index is 12.9. The number of H-pyrrole nitrogens is 1. The van der Waals surface area contributed by atoms with Crippen molar-refractivity contribution >= 4 is 17.8 Å². The van der Waals surface area contributed by atoms with Crippen LogP contribution in [0.2, 0.25) is 0 Å². The number of amides is 2. The molecule has 27 heavy (non-hydrogen) atoms. The lowest BCUT2D eigenvalue weighted by Crippen LogP contribution is -2.42. The van der Waals surface area contributed by atoms with Crippen LogP contribution < -0.4 is 10.9 Å². The van der Waals surface area contributed by atoms with E-state index in [0.29, 0.717) is 22.4 Å². The third-order valence-corrected chi connectivity index (χ3v) is 3.80. The molecule has 1 aromatic heterocycles. The Morgan fingerprint density at radius 3 is 2.33 bits per heavy atom. The molecule has 3 N–H and O–H groups in total. The lowest BCUT2D eigenvalue weighted by molar-refractivity contribution is -0.121. The van der Waals surface area contributed by atoms with Crippen LogP contribution in [0.25, 0.3) is 0 Å². The molecule has 0 radical (unpaired) electrons. The van der Waals surface area contributed by atoms with Crippen molar-refractivity contribution in [3.8, 4) is 0 Å². The summed E-state index contributed by atoms with van der Waals surface area (Å²) in [5, 5.41) is 0. The van der Waals surface area contributed by atoms with E-state index in [0.717, 1.165) is 0 Å². The first-order valence-electron chi connectivity index (χ1n) is 8.42. The fourth-order valence-electron chi connectivity index (χ4n) is 2.58. The van der Waals surface area contributed by atoms with Crippen LogP contribution in [0, 0.1) is 19.7 Å². The number of hydrogen-bond donors (Lipinski definition) is 3. The maximum atomic E-state index is 12.9. The lowest BCUT2D eigenvalue weighted by Gasteiger charge is -2.09. The van der Waals surface area contributed by atoms with Gasteiger partial charge in [0, 0.05) is 5.69 Å². The highest BCUT2D eigenvalue weighted by atomic mass is 19.1. The standard InChI is InChI=1S/C19H22FN3O4/c1-10(2)27-19(26)16-11(3)17(21-12(16)4)18(25)23-22-15(24)9-13-5-7-14(20)8-6-13/h5-8,10,21H,9H2,1-4H3,(H,22,24)(H,23,25). The van der Waals surface area contributed by atoms with Crippen molar-refractivity contribution in [3.05, 3.63) is 58.2 Å². The van der Waals surface area contributed by atoms with Gasteiger partial charge in [-0.1, -0.05) is 12.1 Å². The first-order valence-corrected chi connectivity index (χ1v) is 8.42. The molecule has 0 spiro atoms. The van der Waals surface area contributed by atoms with E-state index in [1.807, 2.05) is 0 Å². The number of nitrogens with one attached hydrogen (secondary N) is 3. The van der Waals surface area contributed by atoms with E-state index >= 15 is 0 Å². The Balaban J connectivity index is 2.00. The topological polar surface area (TPSA) is 100 Å². The highest BCUT2D eigenvalue weighted by molar-refractivity contribution is 6.01. The molecule has 144 valence electrons. The monoisotopic (exact) mass is 375 g/mol. The van der Waals surface area contributed by atoms with Crippen LogP contribution >= 0.6 is 0 Å². The number of hydrogen-bond acceptors (Lipinski definition) is 4. The van der Waals surface area contributed by atoms with Gasteiger partial charge in [-0.25, -0.2) is 9.18 Å². The van der Waals surface area contributed by atoms with Gasteiger partial charge in [0.1, 0.15) is 11.5 Å². The third kappa shape index (κ3) is 5.16. The number of carbonyl (C=O) groups excluding carboxylic acids is 3. The lowest BCUT2D eigenvalue weighted by atomic mass is 10.1. The zero-order chi connectivity index (χ0) is 20.1. The molecule has 0 atom stereocenters. The summed E-state index contributed by atoms with van der Waals surface area (Å²) < 4.78 is 18.0. The zero-order valence-electron chi connectivity index (χ0n) is 15.6. The summed E-state index contributed by atoms with van der Waals surface area (Å²) in [6.45, 7) is 6.75. The van der Waals surface area contributed by atoms with Crippen molar-refractivity contribution in [1.29, 1.82) is 0 Å². The summed E-state index contributed by atoms with van der Waals surface area (Å²) in [4.78, 5) is 39.2. The minimum absolute atomic E-state index is 0.0186. The Labute approximate surface area is 156 Å². The first-order chi connectivity index (χ1) is 12.7. The molecular weight excluding hydrogens is 353 g/mol. The van der Waals surface area contributed by atoms with Crippen LogP contribution in [-0.4, -0.2) is 28.9 Å². The average molecular weight is 375 g/mol. The first kappa shape index (κ1) is 20.2. The molecule has 0 saturated carbocycles. The number of aryl methyl sites for hydroxylation is 1. The van der Waals surface area contributed by atoms with Crippen LogP contribution in [-0.2, 0) is 16.0 Å². The summed E-state index contributed by atoms with van der Waals surface area (Å²) in [6.07, 6.45) is -0.302. The quantitative estimate of drug-likeness (QED) is 0.552. The van der Waals surface area contributed by atoms with E-state index in [1.54, 1.807) is 27.7 Å². The van der Waals surface area contributed by atoms with Gasteiger partial charge in [-0.05, 0) is 51.0 Å². The smallest absolute Gasteiger partial charge is 0.340 e. The molecule has 2 amide bonds. The van der Waals surface area contributed by atoms with E-state index in [4.69, 9.17) is 4.74 Å². The fourth-order valence-corrected chi connectivity index (χ4v) is 2.58. The molecule has 1 heterocycles. The normalized spacial score (nSPS) is 10.6. The van der Waals surface area contributed by atoms with Crippen LogP contribution in [0.15, 0.2) is 24.3 Å². The van der Waals surface area contributed by atoms with Crippen molar-refractivity contribution in [2.75, 3.05) is 0 Å². The molecule has 0 unspecified atom stereocenters. The van der Waals surface area contributed by atoms with Gasteiger partial charge >= 0.3 is 5.97 Å². The van der Waals surface area contributed by atoms with Gasteiger partial charge < -0.3 is 9.72 Å². The van der Waals surface area contributed by atoms with E-state index in [1.165, 1.54) is 24.3 Å². The van der Waals surface area contributed by atoms with Gasteiger partial charge in [-0.15, -0.1) is 0 Å². The molecule has 7 nitrogen and oxygen atoms in total. The van der Waals surface area contributed by atoms with Crippen molar-refractivity contribution in [2.45, 2.75) is 40.2 Å². The second kappa shape index (κ2) is 8.48.